The summed E-state index contributed by atoms with van der Waals surface area (Å²) in [7, 11) is -4.40. The lowest BCUT2D eigenvalue weighted by atomic mass is 10.1. The third-order valence-corrected chi connectivity index (χ3v) is 11.1. The summed E-state index contributed by atoms with van der Waals surface area (Å²) >= 11 is 1.59. The van der Waals surface area contributed by atoms with Gasteiger partial charge < -0.3 is 15.0 Å². The Morgan fingerprint density at radius 1 is 0.927 bits per heavy atom. The molecule has 6 rings (SSSR count). The van der Waals surface area contributed by atoms with Crippen molar-refractivity contribution in [2.24, 2.45) is 0 Å². The van der Waals surface area contributed by atoms with Gasteiger partial charge in [0.2, 0.25) is 0 Å². The van der Waals surface area contributed by atoms with E-state index in [1.165, 1.54) is 12.1 Å². The maximum absolute atomic E-state index is 13.1. The second-order valence-corrected chi connectivity index (χ2v) is 15.4. The molecule has 0 atom stereocenters. The normalized spacial score (nSPS) is 13.0. The number of rotatable bonds is 14. The average Bonchev–Trinajstić information content (AvgIpc) is 3.20. The minimum absolute atomic E-state index is 0.146. The number of nitro groups is 1. The second-order valence-electron chi connectivity index (χ2n) is 12.5. The number of thioether (sulfide) groups is 1. The number of pyridine rings is 1. The van der Waals surface area contributed by atoms with Crippen LogP contribution in [0.5, 0.6) is 5.75 Å². The number of ether oxygens (including phenoxy) is 1. The zero-order valence-corrected chi connectivity index (χ0v) is 31.8. The van der Waals surface area contributed by atoms with Crippen LogP contribution in [-0.4, -0.2) is 74.2 Å². The van der Waals surface area contributed by atoms with E-state index in [1.54, 1.807) is 48.4 Å². The van der Waals surface area contributed by atoms with E-state index < -0.39 is 26.5 Å². The number of hydrogen-bond acceptors (Lipinski definition) is 11. The lowest BCUT2D eigenvalue weighted by molar-refractivity contribution is -0.384. The molecule has 0 saturated carbocycles. The van der Waals surface area contributed by atoms with Crippen molar-refractivity contribution in [2.45, 2.75) is 23.3 Å². The first kappa shape index (κ1) is 38.8. The van der Waals surface area contributed by atoms with Gasteiger partial charge in [0.05, 0.1) is 22.6 Å². The number of carbonyl (C=O) groups excluding carboxylic acids is 1. The molecule has 282 valence electrons. The summed E-state index contributed by atoms with van der Waals surface area (Å²) in [5.74, 6) is 7.01. The summed E-state index contributed by atoms with van der Waals surface area (Å²) in [5.41, 5.74) is 3.72. The number of anilines is 2. The highest BCUT2D eigenvalue weighted by atomic mass is 32.2. The van der Waals surface area contributed by atoms with Gasteiger partial charge in [0, 0.05) is 84.6 Å². The molecule has 5 aromatic rings. The van der Waals surface area contributed by atoms with Crippen molar-refractivity contribution in [3.8, 4) is 17.6 Å². The van der Waals surface area contributed by atoms with Gasteiger partial charge in [-0.2, -0.15) is 0 Å². The second kappa shape index (κ2) is 18.4. The number of benzene rings is 4. The molecule has 1 amide bonds. The third kappa shape index (κ3) is 10.6. The van der Waals surface area contributed by atoms with Gasteiger partial charge in [0.1, 0.15) is 11.4 Å². The number of nitrogens with one attached hydrogen (secondary N) is 2. The van der Waals surface area contributed by atoms with E-state index in [1.807, 2.05) is 61.5 Å². The van der Waals surface area contributed by atoms with Crippen LogP contribution in [0.1, 0.15) is 34.0 Å². The number of piperazine rings is 1. The van der Waals surface area contributed by atoms with Gasteiger partial charge >= 0.3 is 0 Å². The summed E-state index contributed by atoms with van der Waals surface area (Å²) in [6.07, 6.45) is 3.40. The lowest BCUT2D eigenvalue weighted by Gasteiger charge is -2.36. The van der Waals surface area contributed by atoms with E-state index in [0.717, 1.165) is 66.1 Å². The third-order valence-electron chi connectivity index (χ3n) is 8.78. The molecule has 1 aliphatic rings. The summed E-state index contributed by atoms with van der Waals surface area (Å²) in [6, 6.07) is 30.0. The van der Waals surface area contributed by atoms with Crippen molar-refractivity contribution in [2.75, 3.05) is 55.3 Å². The van der Waals surface area contributed by atoms with E-state index in [0.29, 0.717) is 24.7 Å². The molecule has 0 radical (unpaired) electrons. The number of carbonyl (C=O) groups is 1. The van der Waals surface area contributed by atoms with Gasteiger partial charge in [0.15, 0.2) is 0 Å². The number of amides is 1. The molecule has 2 heterocycles. The van der Waals surface area contributed by atoms with Gasteiger partial charge in [-0.15, -0.1) is 11.8 Å². The number of aromatic nitrogens is 1. The Bertz CT molecular complexity index is 2290. The Kier molecular flexibility index (Phi) is 13.0. The molecule has 2 N–H and O–H groups in total. The van der Waals surface area contributed by atoms with E-state index in [4.69, 9.17) is 4.74 Å². The summed E-state index contributed by atoms with van der Waals surface area (Å²) in [4.78, 5) is 33.7. The maximum atomic E-state index is 13.1. The predicted molar refractivity (Wildman–Crippen MR) is 215 cm³/mol. The van der Waals surface area contributed by atoms with Gasteiger partial charge in [-0.1, -0.05) is 48.2 Å². The van der Waals surface area contributed by atoms with Crippen LogP contribution in [0.2, 0.25) is 0 Å². The number of nitro benzene ring substituents is 1. The molecule has 0 aliphatic carbocycles. The molecule has 1 aliphatic heterocycles. The van der Waals surface area contributed by atoms with Crippen molar-refractivity contribution in [3.63, 3.8) is 0 Å². The molecule has 55 heavy (non-hydrogen) atoms. The van der Waals surface area contributed by atoms with E-state index in [9.17, 15) is 23.3 Å². The highest BCUT2D eigenvalue weighted by Gasteiger charge is 2.24. The topological polar surface area (TPSA) is 147 Å². The van der Waals surface area contributed by atoms with Crippen LogP contribution in [0.15, 0.2) is 125 Å². The van der Waals surface area contributed by atoms with Gasteiger partial charge in [-0.05, 0) is 73.2 Å². The molecule has 1 fully saturated rings. The Morgan fingerprint density at radius 3 is 2.42 bits per heavy atom. The molecule has 0 spiro atoms. The van der Waals surface area contributed by atoms with Crippen LogP contribution in [0.3, 0.4) is 0 Å². The minimum atomic E-state index is -4.40. The van der Waals surface area contributed by atoms with E-state index >= 15 is 0 Å². The SMILES string of the molecule is CCOc1cncc(C#Cc2ccccc2CN2CCN(c3ccc(C(=O)NS(=O)(=O)c4ccc(NCCSc5ccccc5)c([N+](=O)[O-])c4)cc3)CC2)c1. The fourth-order valence-electron chi connectivity index (χ4n) is 5.97. The van der Waals surface area contributed by atoms with E-state index in [-0.39, 0.29) is 16.1 Å². The Labute approximate surface area is 325 Å². The molecule has 1 saturated heterocycles. The standard InChI is InChI=1S/C41H40N6O6S2/c1-2-53-36-26-31(28-42-29-36)12-13-32-8-6-7-9-34(32)30-45-21-23-46(24-22-45)35-16-14-33(15-17-35)41(48)44-55(51,52)38-18-19-39(40(27-38)47(49)50)43-20-25-54-37-10-4-3-5-11-37/h3-11,14-19,26-29,43H,2,20-25,30H2,1H3,(H,44,48). The zero-order chi connectivity index (χ0) is 38.6. The molecule has 1 aromatic heterocycles. The van der Waals surface area contributed by atoms with Gasteiger partial charge in [-0.3, -0.25) is 24.8 Å². The lowest BCUT2D eigenvalue weighted by Crippen LogP contribution is -2.46. The first-order valence-corrected chi connectivity index (χ1v) is 20.2. The fourth-order valence-corrected chi connectivity index (χ4v) is 7.75. The molecule has 12 nitrogen and oxygen atoms in total. The van der Waals surface area contributed by atoms with Crippen LogP contribution >= 0.6 is 11.8 Å². The fraction of sp³-hybridized carbons (Fsp3) is 0.220. The minimum Gasteiger partial charge on any atom is -0.492 e. The summed E-state index contributed by atoms with van der Waals surface area (Å²) < 4.78 is 33.9. The van der Waals surface area contributed by atoms with E-state index in [2.05, 4.69) is 42.7 Å². The predicted octanol–water partition coefficient (Wildman–Crippen LogP) is 6.43. The Balaban J connectivity index is 1.01. The smallest absolute Gasteiger partial charge is 0.293 e. The van der Waals surface area contributed by atoms with Gasteiger partial charge in [-0.25, -0.2) is 13.1 Å². The van der Waals surface area contributed by atoms with Crippen LogP contribution in [-0.2, 0) is 16.6 Å². The highest BCUT2D eigenvalue weighted by Crippen LogP contribution is 2.28. The molecular formula is C41H40N6O6S2. The molecule has 0 bridgehead atoms. The zero-order valence-electron chi connectivity index (χ0n) is 30.2. The first-order valence-electron chi connectivity index (χ1n) is 17.7. The quantitative estimate of drug-likeness (QED) is 0.0423. The largest absolute Gasteiger partial charge is 0.492 e. The van der Waals surface area contributed by atoms with Gasteiger partial charge in [0.25, 0.3) is 21.6 Å². The monoisotopic (exact) mass is 776 g/mol. The molecular weight excluding hydrogens is 737 g/mol. The van der Waals surface area contributed by atoms with Crippen LogP contribution in [0.4, 0.5) is 17.1 Å². The summed E-state index contributed by atoms with van der Waals surface area (Å²) in [6.45, 7) is 6.82. The number of nitrogens with zero attached hydrogens (tertiary/aromatic N) is 4. The number of sulfonamides is 1. The van der Waals surface area contributed by atoms with Crippen LogP contribution < -0.4 is 19.7 Å². The van der Waals surface area contributed by atoms with Crippen molar-refractivity contribution in [3.05, 3.63) is 148 Å². The first-order chi connectivity index (χ1) is 26.7. The van der Waals surface area contributed by atoms with Crippen molar-refractivity contribution in [1.29, 1.82) is 0 Å². The summed E-state index contributed by atoms with van der Waals surface area (Å²) in [5, 5.41) is 14.8. The van der Waals surface area contributed by atoms with Crippen molar-refractivity contribution in [1.82, 2.24) is 14.6 Å². The van der Waals surface area contributed by atoms with Crippen LogP contribution in [0, 0.1) is 22.0 Å². The number of hydrogen-bond donors (Lipinski definition) is 2. The average molecular weight is 777 g/mol. The Morgan fingerprint density at radius 2 is 1.67 bits per heavy atom. The molecule has 14 heteroatoms. The maximum Gasteiger partial charge on any atom is 0.293 e. The Hall–Kier alpha value is -5.88. The molecule has 0 unspecified atom stereocenters. The van der Waals surface area contributed by atoms with Crippen LogP contribution in [0.25, 0.3) is 0 Å². The molecule has 4 aromatic carbocycles. The van der Waals surface area contributed by atoms with Crippen molar-refractivity contribution >= 4 is 44.8 Å². The van der Waals surface area contributed by atoms with Crippen molar-refractivity contribution < 1.29 is 22.9 Å². The highest BCUT2D eigenvalue weighted by molar-refractivity contribution is 7.99.